The Balaban J connectivity index is 2.57. The third kappa shape index (κ3) is 3.65. The van der Waals surface area contributed by atoms with Gasteiger partial charge in [0.2, 0.25) is 0 Å². The number of benzene rings is 1. The van der Waals surface area contributed by atoms with E-state index in [1.807, 2.05) is 0 Å². The standard InChI is InChI=1S/C13H21NO/c1-10-5-6-13(9-11(10)2)12(3)14-7-4-8-15/h5-6,9,12,14-15H,4,7-8H2,1-3H3/t12-/m0/s1. The molecule has 0 aliphatic heterocycles. The lowest BCUT2D eigenvalue weighted by molar-refractivity contribution is 0.284. The van der Waals surface area contributed by atoms with Crippen LogP contribution < -0.4 is 5.32 Å². The number of rotatable bonds is 5. The van der Waals surface area contributed by atoms with E-state index in [9.17, 15) is 0 Å². The summed E-state index contributed by atoms with van der Waals surface area (Å²) in [5.41, 5.74) is 3.99. The molecular formula is C13H21NO. The van der Waals surface area contributed by atoms with E-state index in [1.54, 1.807) is 0 Å². The Morgan fingerprint density at radius 2 is 2.00 bits per heavy atom. The first kappa shape index (κ1) is 12.2. The molecule has 2 heteroatoms. The fraction of sp³-hybridized carbons (Fsp3) is 0.538. The molecule has 1 aromatic carbocycles. The fourth-order valence-electron chi connectivity index (χ4n) is 1.55. The Labute approximate surface area is 92.3 Å². The Bertz CT molecular complexity index is 309. The third-order valence-corrected chi connectivity index (χ3v) is 2.82. The molecule has 1 rings (SSSR count). The number of aryl methyl sites for hydroxylation is 2. The fourth-order valence-corrected chi connectivity index (χ4v) is 1.55. The lowest BCUT2D eigenvalue weighted by Crippen LogP contribution is -2.20. The first-order chi connectivity index (χ1) is 7.15. The average molecular weight is 207 g/mol. The second-order valence-electron chi connectivity index (χ2n) is 4.10. The SMILES string of the molecule is Cc1ccc([C@H](C)NCCCO)cc1C. The molecule has 0 amide bonds. The lowest BCUT2D eigenvalue weighted by atomic mass is 10.0. The molecule has 0 aliphatic rings. The first-order valence-electron chi connectivity index (χ1n) is 5.56. The smallest absolute Gasteiger partial charge is 0.0443 e. The molecule has 1 aromatic rings. The van der Waals surface area contributed by atoms with Crippen LogP contribution in [0.5, 0.6) is 0 Å². The molecule has 0 heterocycles. The molecule has 0 unspecified atom stereocenters. The van der Waals surface area contributed by atoms with Gasteiger partial charge < -0.3 is 10.4 Å². The van der Waals surface area contributed by atoms with Crippen molar-refractivity contribution in [1.29, 1.82) is 0 Å². The molecule has 0 radical (unpaired) electrons. The summed E-state index contributed by atoms with van der Waals surface area (Å²) in [5.74, 6) is 0. The van der Waals surface area contributed by atoms with Crippen molar-refractivity contribution in [2.75, 3.05) is 13.2 Å². The highest BCUT2D eigenvalue weighted by Crippen LogP contribution is 2.16. The highest BCUT2D eigenvalue weighted by molar-refractivity contribution is 5.31. The van der Waals surface area contributed by atoms with Crippen molar-refractivity contribution in [3.8, 4) is 0 Å². The van der Waals surface area contributed by atoms with Gasteiger partial charge >= 0.3 is 0 Å². The van der Waals surface area contributed by atoms with Gasteiger partial charge in [0, 0.05) is 12.6 Å². The number of hydrogen-bond donors (Lipinski definition) is 2. The Hall–Kier alpha value is -0.860. The van der Waals surface area contributed by atoms with Crippen LogP contribution >= 0.6 is 0 Å². The van der Waals surface area contributed by atoms with Crippen LogP contribution in [0.3, 0.4) is 0 Å². The predicted octanol–water partition coefficient (Wildman–Crippen LogP) is 2.34. The summed E-state index contributed by atoms with van der Waals surface area (Å²) in [4.78, 5) is 0. The second-order valence-corrected chi connectivity index (χ2v) is 4.10. The van der Waals surface area contributed by atoms with Crippen LogP contribution in [0.4, 0.5) is 0 Å². The van der Waals surface area contributed by atoms with Gasteiger partial charge in [-0.3, -0.25) is 0 Å². The van der Waals surface area contributed by atoms with E-state index in [0.29, 0.717) is 6.04 Å². The van der Waals surface area contributed by atoms with Gasteiger partial charge in [0.05, 0.1) is 0 Å². The topological polar surface area (TPSA) is 32.3 Å². The summed E-state index contributed by atoms with van der Waals surface area (Å²) in [6.07, 6.45) is 0.815. The summed E-state index contributed by atoms with van der Waals surface area (Å²) in [5, 5.41) is 12.1. The highest BCUT2D eigenvalue weighted by atomic mass is 16.3. The molecular weight excluding hydrogens is 186 g/mol. The van der Waals surface area contributed by atoms with Crippen LogP contribution in [0.15, 0.2) is 18.2 Å². The van der Waals surface area contributed by atoms with Crippen molar-refractivity contribution in [1.82, 2.24) is 5.32 Å². The van der Waals surface area contributed by atoms with Crippen LogP contribution in [0.1, 0.15) is 36.1 Å². The molecule has 0 spiro atoms. The highest BCUT2D eigenvalue weighted by Gasteiger charge is 2.04. The molecule has 0 aliphatic carbocycles. The summed E-state index contributed by atoms with van der Waals surface area (Å²) < 4.78 is 0. The molecule has 0 fully saturated rings. The summed E-state index contributed by atoms with van der Waals surface area (Å²) >= 11 is 0. The molecule has 0 saturated carbocycles. The maximum Gasteiger partial charge on any atom is 0.0443 e. The van der Waals surface area contributed by atoms with E-state index in [0.717, 1.165) is 13.0 Å². The van der Waals surface area contributed by atoms with Crippen molar-refractivity contribution in [2.45, 2.75) is 33.2 Å². The maximum atomic E-state index is 8.69. The summed E-state index contributed by atoms with van der Waals surface area (Å²) in [7, 11) is 0. The van der Waals surface area contributed by atoms with Gasteiger partial charge in [-0.15, -0.1) is 0 Å². The van der Waals surface area contributed by atoms with E-state index in [4.69, 9.17) is 5.11 Å². The molecule has 0 bridgehead atoms. The van der Waals surface area contributed by atoms with Gasteiger partial charge in [-0.2, -0.15) is 0 Å². The monoisotopic (exact) mass is 207 g/mol. The van der Waals surface area contributed by atoms with Crippen LogP contribution in [0, 0.1) is 13.8 Å². The van der Waals surface area contributed by atoms with Gasteiger partial charge in [-0.1, -0.05) is 18.2 Å². The number of aliphatic hydroxyl groups excluding tert-OH is 1. The lowest BCUT2D eigenvalue weighted by Gasteiger charge is -2.15. The van der Waals surface area contributed by atoms with E-state index in [-0.39, 0.29) is 6.61 Å². The zero-order valence-electron chi connectivity index (χ0n) is 9.88. The first-order valence-corrected chi connectivity index (χ1v) is 5.56. The predicted molar refractivity (Wildman–Crippen MR) is 64.0 cm³/mol. The normalized spacial score (nSPS) is 12.8. The number of aliphatic hydroxyl groups is 1. The minimum atomic E-state index is 0.257. The Morgan fingerprint density at radius 1 is 1.27 bits per heavy atom. The van der Waals surface area contributed by atoms with Crippen molar-refractivity contribution >= 4 is 0 Å². The minimum absolute atomic E-state index is 0.257. The zero-order chi connectivity index (χ0) is 11.3. The molecule has 84 valence electrons. The molecule has 2 nitrogen and oxygen atoms in total. The largest absolute Gasteiger partial charge is 0.396 e. The summed E-state index contributed by atoms with van der Waals surface area (Å²) in [6, 6.07) is 6.91. The Morgan fingerprint density at radius 3 is 2.60 bits per heavy atom. The summed E-state index contributed by atoms with van der Waals surface area (Å²) in [6.45, 7) is 7.54. The van der Waals surface area contributed by atoms with E-state index < -0.39 is 0 Å². The zero-order valence-corrected chi connectivity index (χ0v) is 9.88. The van der Waals surface area contributed by atoms with Gasteiger partial charge in [-0.25, -0.2) is 0 Å². The van der Waals surface area contributed by atoms with Crippen LogP contribution in [0.2, 0.25) is 0 Å². The van der Waals surface area contributed by atoms with Crippen LogP contribution in [0.25, 0.3) is 0 Å². The van der Waals surface area contributed by atoms with Crippen molar-refractivity contribution < 1.29 is 5.11 Å². The van der Waals surface area contributed by atoms with Gasteiger partial charge in [0.15, 0.2) is 0 Å². The van der Waals surface area contributed by atoms with E-state index >= 15 is 0 Å². The quantitative estimate of drug-likeness (QED) is 0.726. The number of hydrogen-bond acceptors (Lipinski definition) is 2. The van der Waals surface area contributed by atoms with Gasteiger partial charge in [-0.05, 0) is 50.4 Å². The molecule has 2 N–H and O–H groups in total. The third-order valence-electron chi connectivity index (χ3n) is 2.82. The van der Waals surface area contributed by atoms with Crippen molar-refractivity contribution in [2.24, 2.45) is 0 Å². The van der Waals surface area contributed by atoms with E-state index in [2.05, 4.69) is 44.3 Å². The number of nitrogens with one attached hydrogen (secondary N) is 1. The van der Waals surface area contributed by atoms with E-state index in [1.165, 1.54) is 16.7 Å². The molecule has 1 atom stereocenters. The van der Waals surface area contributed by atoms with Gasteiger partial charge in [0.25, 0.3) is 0 Å². The second kappa shape index (κ2) is 5.89. The average Bonchev–Trinajstić information content (AvgIpc) is 2.22. The molecule has 15 heavy (non-hydrogen) atoms. The van der Waals surface area contributed by atoms with Crippen LogP contribution in [-0.2, 0) is 0 Å². The molecule has 0 aromatic heterocycles. The van der Waals surface area contributed by atoms with Crippen molar-refractivity contribution in [3.63, 3.8) is 0 Å². The van der Waals surface area contributed by atoms with Crippen molar-refractivity contribution in [3.05, 3.63) is 34.9 Å². The van der Waals surface area contributed by atoms with Gasteiger partial charge in [0.1, 0.15) is 0 Å². The minimum Gasteiger partial charge on any atom is -0.396 e. The maximum absolute atomic E-state index is 8.69. The molecule has 0 saturated heterocycles. The van der Waals surface area contributed by atoms with Crippen LogP contribution in [-0.4, -0.2) is 18.3 Å². The Kier molecular flexibility index (Phi) is 4.79.